The maximum absolute atomic E-state index is 10.4. The summed E-state index contributed by atoms with van der Waals surface area (Å²) in [5, 5.41) is 10.4. The molecule has 19 heavy (non-hydrogen) atoms. The summed E-state index contributed by atoms with van der Waals surface area (Å²) in [6.45, 7) is 11.0. The molecule has 1 fully saturated rings. The zero-order chi connectivity index (χ0) is 13.7. The van der Waals surface area contributed by atoms with Gasteiger partial charge >= 0.3 is 0 Å². The van der Waals surface area contributed by atoms with Crippen molar-refractivity contribution in [3.8, 4) is 0 Å². The largest absolute Gasteiger partial charge is 0.387 e. The first-order valence-electron chi connectivity index (χ1n) is 7.02. The molecule has 0 spiro atoms. The summed E-state index contributed by atoms with van der Waals surface area (Å²) in [6, 6.07) is 10.1. The number of nitrogens with zero attached hydrogens (tertiary/aromatic N) is 2. The van der Waals surface area contributed by atoms with E-state index >= 15 is 0 Å². The number of hydrogen-bond acceptors (Lipinski definition) is 3. The minimum Gasteiger partial charge on any atom is -0.387 e. The van der Waals surface area contributed by atoms with Crippen molar-refractivity contribution < 1.29 is 5.11 Å². The Hall–Kier alpha value is -1.16. The fraction of sp³-hybridized carbons (Fsp3) is 0.500. The van der Waals surface area contributed by atoms with Crippen LogP contribution in [0, 0.1) is 0 Å². The summed E-state index contributed by atoms with van der Waals surface area (Å²) in [4.78, 5) is 4.77. The van der Waals surface area contributed by atoms with Crippen LogP contribution in [0.2, 0.25) is 0 Å². The van der Waals surface area contributed by atoms with E-state index < -0.39 is 6.10 Å². The van der Waals surface area contributed by atoms with Gasteiger partial charge in [0.2, 0.25) is 0 Å². The van der Waals surface area contributed by atoms with Crippen molar-refractivity contribution in [1.29, 1.82) is 0 Å². The molecule has 0 saturated carbocycles. The molecule has 1 aliphatic heterocycles. The Kier molecular flexibility index (Phi) is 5.14. The highest BCUT2D eigenvalue weighted by Crippen LogP contribution is 2.21. The minimum atomic E-state index is -0.410. The van der Waals surface area contributed by atoms with Crippen LogP contribution in [0.4, 0.5) is 0 Å². The fourth-order valence-electron chi connectivity index (χ4n) is 2.66. The van der Waals surface area contributed by atoms with Gasteiger partial charge in [-0.25, -0.2) is 0 Å². The summed E-state index contributed by atoms with van der Waals surface area (Å²) in [5.41, 5.74) is 1.00. The molecule has 0 amide bonds. The highest BCUT2D eigenvalue weighted by atomic mass is 16.3. The van der Waals surface area contributed by atoms with Gasteiger partial charge in [0.25, 0.3) is 0 Å². The molecule has 1 heterocycles. The Bertz CT molecular complexity index is 385. The number of piperazine rings is 1. The van der Waals surface area contributed by atoms with E-state index in [-0.39, 0.29) is 6.04 Å². The fourth-order valence-corrected chi connectivity index (χ4v) is 2.66. The van der Waals surface area contributed by atoms with Crippen LogP contribution < -0.4 is 0 Å². The maximum atomic E-state index is 10.4. The molecule has 1 N–H and O–H groups in total. The van der Waals surface area contributed by atoms with Crippen LogP contribution in [0.3, 0.4) is 0 Å². The average molecular weight is 260 g/mol. The second-order valence-electron chi connectivity index (χ2n) is 5.22. The van der Waals surface area contributed by atoms with Gasteiger partial charge in [0.15, 0.2) is 0 Å². The molecule has 0 bridgehead atoms. The predicted molar refractivity (Wildman–Crippen MR) is 79.1 cm³/mol. The van der Waals surface area contributed by atoms with E-state index in [0.29, 0.717) is 0 Å². The van der Waals surface area contributed by atoms with Crippen molar-refractivity contribution in [2.45, 2.75) is 19.1 Å². The Labute approximate surface area is 116 Å². The van der Waals surface area contributed by atoms with Gasteiger partial charge < -0.3 is 5.11 Å². The third-order valence-corrected chi connectivity index (χ3v) is 3.97. The number of aliphatic hydroxyl groups is 1. The molecule has 1 saturated heterocycles. The number of benzene rings is 1. The van der Waals surface area contributed by atoms with Crippen LogP contribution in [-0.4, -0.2) is 53.7 Å². The summed E-state index contributed by atoms with van der Waals surface area (Å²) in [6.07, 6.45) is 1.55. The highest BCUT2D eigenvalue weighted by Gasteiger charge is 2.26. The van der Waals surface area contributed by atoms with Crippen LogP contribution in [0.15, 0.2) is 43.0 Å². The quantitative estimate of drug-likeness (QED) is 0.819. The third-order valence-electron chi connectivity index (χ3n) is 3.97. The molecule has 3 nitrogen and oxygen atoms in total. The second-order valence-corrected chi connectivity index (χ2v) is 5.22. The van der Waals surface area contributed by atoms with Gasteiger partial charge in [-0.1, -0.05) is 36.4 Å². The Morgan fingerprint density at radius 3 is 2.42 bits per heavy atom. The number of aliphatic hydroxyl groups excluding tert-OH is 1. The Morgan fingerprint density at radius 2 is 1.84 bits per heavy atom. The number of rotatable bonds is 5. The van der Waals surface area contributed by atoms with E-state index in [9.17, 15) is 5.11 Å². The molecule has 1 aromatic carbocycles. The first kappa shape index (κ1) is 14.3. The summed E-state index contributed by atoms with van der Waals surface area (Å²) in [5.74, 6) is 0. The first-order valence-corrected chi connectivity index (χ1v) is 7.02. The molecule has 2 atom stereocenters. The standard InChI is InChI=1S/C16H24N2O/c1-3-9-17-10-12-18(13-11-17)14(2)16(19)15-7-5-4-6-8-15/h3-8,14,16,19H,1,9-13H2,2H3. The molecule has 1 aliphatic rings. The van der Waals surface area contributed by atoms with Crippen LogP contribution in [0.1, 0.15) is 18.6 Å². The van der Waals surface area contributed by atoms with E-state index in [1.165, 1.54) is 0 Å². The van der Waals surface area contributed by atoms with Gasteiger partial charge in [0.05, 0.1) is 6.10 Å². The molecule has 1 aromatic rings. The van der Waals surface area contributed by atoms with Crippen LogP contribution in [0.25, 0.3) is 0 Å². The number of hydrogen-bond donors (Lipinski definition) is 1. The summed E-state index contributed by atoms with van der Waals surface area (Å²) < 4.78 is 0. The normalized spacial score (nSPS) is 20.9. The van der Waals surface area contributed by atoms with Crippen LogP contribution >= 0.6 is 0 Å². The third kappa shape index (κ3) is 3.66. The van der Waals surface area contributed by atoms with Crippen molar-refractivity contribution in [2.75, 3.05) is 32.7 Å². The van der Waals surface area contributed by atoms with Gasteiger partial charge in [-0.2, -0.15) is 0 Å². The smallest absolute Gasteiger partial charge is 0.0942 e. The summed E-state index contributed by atoms with van der Waals surface area (Å²) in [7, 11) is 0. The van der Waals surface area contributed by atoms with Crippen molar-refractivity contribution in [1.82, 2.24) is 9.80 Å². The van der Waals surface area contributed by atoms with E-state index in [4.69, 9.17) is 0 Å². The molecular formula is C16H24N2O. The van der Waals surface area contributed by atoms with E-state index in [2.05, 4.69) is 23.3 Å². The molecule has 0 aliphatic carbocycles. The lowest BCUT2D eigenvalue weighted by atomic mass is 10.0. The van der Waals surface area contributed by atoms with Gasteiger partial charge in [-0.3, -0.25) is 9.80 Å². The van der Waals surface area contributed by atoms with Gasteiger partial charge in [-0.15, -0.1) is 6.58 Å². The molecule has 3 heteroatoms. The van der Waals surface area contributed by atoms with Crippen LogP contribution in [0.5, 0.6) is 0 Å². The van der Waals surface area contributed by atoms with Crippen molar-refractivity contribution in [3.05, 3.63) is 48.6 Å². The van der Waals surface area contributed by atoms with Crippen molar-refractivity contribution >= 4 is 0 Å². The van der Waals surface area contributed by atoms with Gasteiger partial charge in [0.1, 0.15) is 0 Å². The lowest BCUT2D eigenvalue weighted by Crippen LogP contribution is -2.50. The SMILES string of the molecule is C=CCN1CCN(C(C)C(O)c2ccccc2)CC1. The average Bonchev–Trinajstić information content (AvgIpc) is 2.48. The van der Waals surface area contributed by atoms with Crippen molar-refractivity contribution in [2.24, 2.45) is 0 Å². The van der Waals surface area contributed by atoms with Gasteiger partial charge in [-0.05, 0) is 12.5 Å². The topological polar surface area (TPSA) is 26.7 Å². The Morgan fingerprint density at radius 1 is 1.21 bits per heavy atom. The zero-order valence-corrected chi connectivity index (χ0v) is 11.7. The van der Waals surface area contributed by atoms with Crippen molar-refractivity contribution in [3.63, 3.8) is 0 Å². The molecule has 0 aromatic heterocycles. The molecule has 0 radical (unpaired) electrons. The molecule has 104 valence electrons. The van der Waals surface area contributed by atoms with E-state index in [0.717, 1.165) is 38.3 Å². The zero-order valence-electron chi connectivity index (χ0n) is 11.7. The maximum Gasteiger partial charge on any atom is 0.0942 e. The lowest BCUT2D eigenvalue weighted by molar-refractivity contribution is 0.0286. The summed E-state index contributed by atoms with van der Waals surface area (Å²) >= 11 is 0. The molecule has 2 unspecified atom stereocenters. The predicted octanol–water partition coefficient (Wildman–Crippen LogP) is 1.91. The minimum absolute atomic E-state index is 0.160. The second kappa shape index (κ2) is 6.85. The van der Waals surface area contributed by atoms with E-state index in [1.54, 1.807) is 0 Å². The molecule has 2 rings (SSSR count). The van der Waals surface area contributed by atoms with Crippen LogP contribution in [-0.2, 0) is 0 Å². The lowest BCUT2D eigenvalue weighted by Gasteiger charge is -2.39. The van der Waals surface area contributed by atoms with Gasteiger partial charge in [0, 0.05) is 38.8 Å². The first-order chi connectivity index (χ1) is 9.22. The highest BCUT2D eigenvalue weighted by molar-refractivity contribution is 5.18. The van der Waals surface area contributed by atoms with E-state index in [1.807, 2.05) is 36.4 Å². The molecular weight excluding hydrogens is 236 g/mol. The monoisotopic (exact) mass is 260 g/mol. The Balaban J connectivity index is 1.90.